The van der Waals surface area contributed by atoms with Crippen molar-refractivity contribution in [2.45, 2.75) is 103 Å². The third-order valence-corrected chi connectivity index (χ3v) is 16.2. The van der Waals surface area contributed by atoms with Crippen molar-refractivity contribution in [1.82, 2.24) is 0 Å². The van der Waals surface area contributed by atoms with Crippen LogP contribution in [0.4, 0.5) is 0 Å². The van der Waals surface area contributed by atoms with Crippen LogP contribution in [0.5, 0.6) is 0 Å². The fourth-order valence-corrected chi connectivity index (χ4v) is 5.26. The van der Waals surface area contributed by atoms with Crippen LogP contribution in [0.3, 0.4) is 0 Å². The monoisotopic (exact) mass is 452 g/mol. The first-order chi connectivity index (χ1) is 13.6. The highest BCUT2D eigenvalue weighted by Gasteiger charge is 2.47. The number of ether oxygens (including phenoxy) is 2. The Morgan fingerprint density at radius 1 is 0.900 bits per heavy atom. The maximum absolute atomic E-state index is 6.74. The van der Waals surface area contributed by atoms with E-state index in [1.807, 2.05) is 18.2 Å². The largest absolute Gasteiger partial charge is 0.414 e. The second-order valence-corrected chi connectivity index (χ2v) is 21.2. The molecule has 172 valence electrons. The minimum Gasteiger partial charge on any atom is -0.414 e. The van der Waals surface area contributed by atoms with E-state index in [1.54, 1.807) is 0 Å². The first kappa shape index (κ1) is 25.8. The minimum absolute atomic E-state index is 0.0531. The first-order valence-corrected chi connectivity index (χ1v) is 17.0. The van der Waals surface area contributed by atoms with E-state index in [9.17, 15) is 0 Å². The van der Waals surface area contributed by atoms with Crippen LogP contribution in [0.2, 0.25) is 36.3 Å². The van der Waals surface area contributed by atoms with Gasteiger partial charge in [0.1, 0.15) is 12.2 Å². The summed E-state index contributed by atoms with van der Waals surface area (Å²) in [5.74, 6) is 0. The summed E-state index contributed by atoms with van der Waals surface area (Å²) in [5, 5.41) is 0.315. The minimum atomic E-state index is -1.93. The van der Waals surface area contributed by atoms with Crippen LogP contribution in [0, 0.1) is 0 Å². The SMILES string of the molecule is CC(C)(C)[Si](C)(C)OC[C@@H]1OC[C@@H](O[Si](C)(C)C(C)(C)C)[C@@H]1OCc1ccccc1. The summed E-state index contributed by atoms with van der Waals surface area (Å²) in [6, 6.07) is 10.3. The summed E-state index contributed by atoms with van der Waals surface area (Å²) in [6.07, 6.45) is -0.274. The molecule has 0 amide bonds. The summed E-state index contributed by atoms with van der Waals surface area (Å²) in [7, 11) is -3.79. The molecule has 0 aromatic heterocycles. The molecule has 1 heterocycles. The van der Waals surface area contributed by atoms with Gasteiger partial charge in [-0.15, -0.1) is 0 Å². The maximum Gasteiger partial charge on any atom is 0.192 e. The predicted molar refractivity (Wildman–Crippen MR) is 130 cm³/mol. The summed E-state index contributed by atoms with van der Waals surface area (Å²) in [5.41, 5.74) is 1.17. The van der Waals surface area contributed by atoms with Crippen molar-refractivity contribution in [3.63, 3.8) is 0 Å². The molecule has 1 fully saturated rings. The topological polar surface area (TPSA) is 36.9 Å². The van der Waals surface area contributed by atoms with Crippen LogP contribution >= 0.6 is 0 Å². The molecule has 0 spiro atoms. The van der Waals surface area contributed by atoms with Crippen LogP contribution < -0.4 is 0 Å². The van der Waals surface area contributed by atoms with Gasteiger partial charge >= 0.3 is 0 Å². The normalized spacial score (nSPS) is 23.7. The van der Waals surface area contributed by atoms with Crippen molar-refractivity contribution in [2.75, 3.05) is 13.2 Å². The van der Waals surface area contributed by atoms with Gasteiger partial charge in [-0.25, -0.2) is 0 Å². The second kappa shape index (κ2) is 9.55. The second-order valence-electron chi connectivity index (χ2n) is 11.6. The molecule has 0 radical (unpaired) electrons. The highest BCUT2D eigenvalue weighted by molar-refractivity contribution is 6.74. The number of rotatable bonds is 8. The Bertz CT molecular complexity index is 662. The van der Waals surface area contributed by atoms with Crippen LogP contribution in [-0.4, -0.2) is 48.2 Å². The van der Waals surface area contributed by atoms with Gasteiger partial charge in [0, 0.05) is 0 Å². The van der Waals surface area contributed by atoms with Gasteiger partial charge in [-0.3, -0.25) is 0 Å². The van der Waals surface area contributed by atoms with Crippen molar-refractivity contribution in [1.29, 1.82) is 0 Å². The first-order valence-electron chi connectivity index (χ1n) is 11.2. The molecule has 4 nitrogen and oxygen atoms in total. The number of hydrogen-bond acceptors (Lipinski definition) is 4. The summed E-state index contributed by atoms with van der Waals surface area (Å²) in [4.78, 5) is 0. The molecular formula is C24H44O4Si2. The average molecular weight is 453 g/mol. The maximum atomic E-state index is 6.74. The van der Waals surface area contributed by atoms with Crippen molar-refractivity contribution in [3.05, 3.63) is 35.9 Å². The van der Waals surface area contributed by atoms with E-state index >= 15 is 0 Å². The molecule has 0 unspecified atom stereocenters. The van der Waals surface area contributed by atoms with Gasteiger partial charge in [-0.05, 0) is 41.8 Å². The van der Waals surface area contributed by atoms with E-state index in [0.29, 0.717) is 19.8 Å². The van der Waals surface area contributed by atoms with Gasteiger partial charge < -0.3 is 18.3 Å². The third-order valence-electron chi connectivity index (χ3n) is 7.16. The van der Waals surface area contributed by atoms with Gasteiger partial charge in [-0.1, -0.05) is 71.9 Å². The molecule has 3 atom stereocenters. The van der Waals surface area contributed by atoms with Crippen molar-refractivity contribution in [2.24, 2.45) is 0 Å². The molecule has 0 saturated carbocycles. The van der Waals surface area contributed by atoms with Crippen LogP contribution in [0.15, 0.2) is 30.3 Å². The van der Waals surface area contributed by atoms with Crippen molar-refractivity contribution in [3.8, 4) is 0 Å². The lowest BCUT2D eigenvalue weighted by Crippen LogP contribution is -2.49. The van der Waals surface area contributed by atoms with E-state index in [-0.39, 0.29) is 28.4 Å². The highest BCUT2D eigenvalue weighted by atomic mass is 28.4. The molecule has 1 aliphatic rings. The average Bonchev–Trinajstić information content (AvgIpc) is 2.98. The Labute approximate surface area is 186 Å². The predicted octanol–water partition coefficient (Wildman–Crippen LogP) is 6.38. The van der Waals surface area contributed by atoms with Gasteiger partial charge in [-0.2, -0.15) is 0 Å². The van der Waals surface area contributed by atoms with E-state index in [0.717, 1.165) is 0 Å². The Kier molecular flexibility index (Phi) is 8.20. The van der Waals surface area contributed by atoms with E-state index in [2.05, 4.69) is 79.9 Å². The molecule has 1 saturated heterocycles. The third kappa shape index (κ3) is 6.50. The Morgan fingerprint density at radius 2 is 1.47 bits per heavy atom. The number of hydrogen-bond donors (Lipinski definition) is 0. The van der Waals surface area contributed by atoms with Crippen molar-refractivity contribution < 1.29 is 18.3 Å². The summed E-state index contributed by atoms with van der Waals surface area (Å²) >= 11 is 0. The molecule has 1 aromatic carbocycles. The van der Waals surface area contributed by atoms with Crippen LogP contribution in [0.25, 0.3) is 0 Å². The molecule has 1 aromatic rings. The molecule has 0 N–H and O–H groups in total. The molecule has 6 heteroatoms. The zero-order valence-electron chi connectivity index (χ0n) is 20.9. The Balaban J connectivity index is 2.13. The fourth-order valence-electron chi connectivity index (χ4n) is 2.94. The van der Waals surface area contributed by atoms with Gasteiger partial charge in [0.05, 0.1) is 25.9 Å². The van der Waals surface area contributed by atoms with Gasteiger partial charge in [0.15, 0.2) is 16.6 Å². The standard InChI is InChI=1S/C24H44O4Si2/c1-23(2,3)29(7,8)27-18-20-22(26-16-19-14-12-11-13-15-19)21(17-25-20)28-30(9,10)24(4,5)6/h11-15,20-22H,16-18H2,1-10H3/t20-,21+,22+/m0/s1. The van der Waals surface area contributed by atoms with Crippen molar-refractivity contribution >= 4 is 16.6 Å². The summed E-state index contributed by atoms with van der Waals surface area (Å²) in [6.45, 7) is 24.4. The molecule has 30 heavy (non-hydrogen) atoms. The van der Waals surface area contributed by atoms with E-state index in [4.69, 9.17) is 18.3 Å². The Hall–Kier alpha value is -0.506. The van der Waals surface area contributed by atoms with Crippen LogP contribution in [0.1, 0.15) is 47.1 Å². The quantitative estimate of drug-likeness (QED) is 0.429. The molecule has 0 aliphatic carbocycles. The van der Waals surface area contributed by atoms with E-state index in [1.165, 1.54) is 5.56 Å². The molecule has 0 bridgehead atoms. The molecule has 2 rings (SSSR count). The lowest BCUT2D eigenvalue weighted by Gasteiger charge is -2.40. The Morgan fingerprint density at radius 3 is 2.00 bits per heavy atom. The zero-order valence-corrected chi connectivity index (χ0v) is 22.9. The molecular weight excluding hydrogens is 408 g/mol. The lowest BCUT2D eigenvalue weighted by atomic mass is 10.1. The lowest BCUT2D eigenvalue weighted by molar-refractivity contribution is -0.0564. The van der Waals surface area contributed by atoms with Gasteiger partial charge in [0.25, 0.3) is 0 Å². The van der Waals surface area contributed by atoms with Crippen LogP contribution in [-0.2, 0) is 24.9 Å². The highest BCUT2D eigenvalue weighted by Crippen LogP contribution is 2.40. The zero-order chi connectivity index (χ0) is 22.8. The van der Waals surface area contributed by atoms with Gasteiger partial charge in [0.2, 0.25) is 0 Å². The smallest absolute Gasteiger partial charge is 0.192 e. The molecule has 1 aliphatic heterocycles. The fraction of sp³-hybridized carbons (Fsp3) is 0.750. The number of benzene rings is 1. The summed E-state index contributed by atoms with van der Waals surface area (Å²) < 4.78 is 25.9. The van der Waals surface area contributed by atoms with E-state index < -0.39 is 16.6 Å².